The van der Waals surface area contributed by atoms with Crippen LogP contribution in [0.4, 0.5) is 0 Å². The fraction of sp³-hybridized carbons (Fsp3) is 0.917. The standard InChI is InChI=1S/C24H37INO5/c1-21(2)12-17(13-22(3,4)26(21)29)30-20(28)24-9-14-7-15(10-24)18(16(8-14)11-24)31-19(27)23(5,6)25/h14-18H,7-13H2,1-6H3. The number of halogens is 1. The van der Waals surface area contributed by atoms with E-state index in [0.717, 1.165) is 32.1 Å². The molecule has 5 fully saturated rings. The fourth-order valence-electron chi connectivity index (χ4n) is 7.22. The first kappa shape index (κ1) is 23.7. The molecule has 31 heavy (non-hydrogen) atoms. The number of hydrogen-bond acceptors (Lipinski definition) is 5. The van der Waals surface area contributed by atoms with Gasteiger partial charge in [-0.15, -0.1) is 10.3 Å². The lowest BCUT2D eigenvalue weighted by Crippen LogP contribution is -2.61. The van der Waals surface area contributed by atoms with Crippen LogP contribution in [0, 0.1) is 23.2 Å². The molecule has 7 heteroatoms. The van der Waals surface area contributed by atoms with Gasteiger partial charge in [0.25, 0.3) is 0 Å². The molecule has 0 aromatic heterocycles. The molecule has 4 bridgehead atoms. The molecule has 0 N–H and O–H groups in total. The topological polar surface area (TPSA) is 75.7 Å². The van der Waals surface area contributed by atoms with E-state index in [9.17, 15) is 14.8 Å². The summed E-state index contributed by atoms with van der Waals surface area (Å²) in [6, 6.07) is 0. The van der Waals surface area contributed by atoms with Crippen molar-refractivity contribution in [2.24, 2.45) is 23.2 Å². The molecule has 0 amide bonds. The summed E-state index contributed by atoms with van der Waals surface area (Å²) in [4.78, 5) is 26.1. The van der Waals surface area contributed by atoms with Gasteiger partial charge in [0.05, 0.1) is 5.41 Å². The van der Waals surface area contributed by atoms with E-state index in [1.165, 1.54) is 5.06 Å². The Labute approximate surface area is 199 Å². The van der Waals surface area contributed by atoms with E-state index >= 15 is 0 Å². The Morgan fingerprint density at radius 3 is 1.90 bits per heavy atom. The van der Waals surface area contributed by atoms with Crippen LogP contribution in [0.25, 0.3) is 0 Å². The van der Waals surface area contributed by atoms with Crippen molar-refractivity contribution in [2.45, 2.75) is 113 Å². The summed E-state index contributed by atoms with van der Waals surface area (Å²) in [6.45, 7) is 11.5. The van der Waals surface area contributed by atoms with Crippen molar-refractivity contribution in [3.8, 4) is 0 Å². The second kappa shape index (κ2) is 7.55. The molecule has 2 atom stereocenters. The van der Waals surface area contributed by atoms with Gasteiger partial charge >= 0.3 is 11.9 Å². The highest BCUT2D eigenvalue weighted by Gasteiger charge is 2.61. The van der Waals surface area contributed by atoms with Crippen molar-refractivity contribution in [3.05, 3.63) is 0 Å². The minimum absolute atomic E-state index is 0.0689. The summed E-state index contributed by atoms with van der Waals surface area (Å²) in [5.41, 5.74) is -1.55. The molecule has 0 aromatic carbocycles. The van der Waals surface area contributed by atoms with Gasteiger partial charge in [0.1, 0.15) is 15.6 Å². The molecule has 0 spiro atoms. The van der Waals surface area contributed by atoms with Gasteiger partial charge in [-0.1, -0.05) is 22.6 Å². The highest BCUT2D eigenvalue weighted by molar-refractivity contribution is 14.1. The number of carbonyl (C=O) groups excluding carboxylic acids is 2. The van der Waals surface area contributed by atoms with Crippen LogP contribution in [0.5, 0.6) is 0 Å². The van der Waals surface area contributed by atoms with Gasteiger partial charge < -0.3 is 9.47 Å². The monoisotopic (exact) mass is 546 g/mol. The number of carbonyl (C=O) groups is 2. The summed E-state index contributed by atoms with van der Waals surface area (Å²) in [7, 11) is 0. The molecule has 6 nitrogen and oxygen atoms in total. The number of alkyl halides is 1. The number of ether oxygens (including phenoxy) is 2. The number of piperidine rings is 1. The Kier molecular flexibility index (Phi) is 5.78. The third-order valence-corrected chi connectivity index (χ3v) is 8.62. The first-order valence-electron chi connectivity index (χ1n) is 11.7. The third kappa shape index (κ3) is 4.27. The molecule has 5 aliphatic rings. The van der Waals surface area contributed by atoms with Crippen molar-refractivity contribution < 1.29 is 24.3 Å². The third-order valence-electron chi connectivity index (χ3n) is 8.18. The minimum atomic E-state index is -0.556. The van der Waals surface area contributed by atoms with Crippen molar-refractivity contribution in [2.75, 3.05) is 0 Å². The van der Waals surface area contributed by atoms with Crippen LogP contribution in [-0.4, -0.2) is 43.7 Å². The predicted molar refractivity (Wildman–Crippen MR) is 124 cm³/mol. The molecule has 1 aliphatic heterocycles. The van der Waals surface area contributed by atoms with Gasteiger partial charge in [-0.3, -0.25) is 9.59 Å². The van der Waals surface area contributed by atoms with Crippen molar-refractivity contribution >= 4 is 34.5 Å². The number of hydrogen-bond donors (Lipinski definition) is 0. The van der Waals surface area contributed by atoms with Gasteiger partial charge in [0, 0.05) is 23.9 Å². The zero-order valence-corrected chi connectivity index (χ0v) is 21.9. The van der Waals surface area contributed by atoms with Gasteiger partial charge in [-0.2, -0.15) is 0 Å². The molecule has 0 aromatic rings. The quantitative estimate of drug-likeness (QED) is 0.287. The Morgan fingerprint density at radius 1 is 0.903 bits per heavy atom. The maximum atomic E-state index is 13.5. The van der Waals surface area contributed by atoms with Crippen LogP contribution < -0.4 is 0 Å². The van der Waals surface area contributed by atoms with E-state index in [1.807, 2.05) is 41.5 Å². The van der Waals surface area contributed by atoms with Crippen LogP contribution in [0.2, 0.25) is 0 Å². The predicted octanol–water partition coefficient (Wildman–Crippen LogP) is 4.85. The molecule has 4 aliphatic carbocycles. The lowest BCUT2D eigenvalue weighted by atomic mass is 9.48. The van der Waals surface area contributed by atoms with Crippen LogP contribution in [0.1, 0.15) is 86.5 Å². The van der Waals surface area contributed by atoms with Gasteiger partial charge in [0.2, 0.25) is 0 Å². The number of nitrogens with zero attached hydrogens (tertiary/aromatic N) is 1. The van der Waals surface area contributed by atoms with Crippen LogP contribution >= 0.6 is 22.6 Å². The maximum Gasteiger partial charge on any atom is 0.321 e. The molecular weight excluding hydrogens is 509 g/mol. The normalized spacial score (nSPS) is 39.4. The Bertz CT molecular complexity index is 724. The summed E-state index contributed by atoms with van der Waals surface area (Å²) in [5.74, 6) is 0.776. The summed E-state index contributed by atoms with van der Waals surface area (Å²) < 4.78 is 11.6. The average molecular weight is 546 g/mol. The number of esters is 2. The second-order valence-electron chi connectivity index (χ2n) is 12.4. The Balaban J connectivity index is 1.46. The zero-order valence-electron chi connectivity index (χ0n) is 19.7. The van der Waals surface area contributed by atoms with Crippen molar-refractivity contribution in [1.82, 2.24) is 5.06 Å². The van der Waals surface area contributed by atoms with Crippen molar-refractivity contribution in [3.63, 3.8) is 0 Å². The highest BCUT2D eigenvalue weighted by atomic mass is 127. The maximum absolute atomic E-state index is 13.5. The molecule has 5 rings (SSSR count). The van der Waals surface area contributed by atoms with Gasteiger partial charge in [-0.25, -0.2) is 0 Å². The number of hydroxylamine groups is 2. The average Bonchev–Trinajstić information content (AvgIpc) is 2.60. The molecule has 1 heterocycles. The van der Waals surface area contributed by atoms with E-state index < -0.39 is 19.9 Å². The summed E-state index contributed by atoms with van der Waals surface area (Å²) in [6.07, 6.45) is 5.30. The van der Waals surface area contributed by atoms with E-state index in [-0.39, 0.29) is 36.0 Å². The largest absolute Gasteiger partial charge is 0.462 e. The van der Waals surface area contributed by atoms with E-state index in [2.05, 4.69) is 22.6 Å². The Morgan fingerprint density at radius 2 is 1.42 bits per heavy atom. The van der Waals surface area contributed by atoms with E-state index in [4.69, 9.17) is 9.47 Å². The lowest BCUT2D eigenvalue weighted by Gasteiger charge is -2.58. The van der Waals surface area contributed by atoms with Gasteiger partial charge in [0.15, 0.2) is 0 Å². The molecule has 175 valence electrons. The SMILES string of the molecule is CC(C)(I)C(=O)OC1C2CC3CC1CC(C(=O)OC1CC(C)(C)N([O])C(C)(C)C1)(C3)C2. The first-order valence-corrected chi connectivity index (χ1v) is 12.8. The molecule has 1 radical (unpaired) electrons. The number of rotatable bonds is 4. The molecule has 1 saturated heterocycles. The summed E-state index contributed by atoms with van der Waals surface area (Å²) >= 11 is 2.13. The van der Waals surface area contributed by atoms with Crippen LogP contribution in [0.3, 0.4) is 0 Å². The lowest BCUT2D eigenvalue weighted by molar-refractivity contribution is -0.300. The van der Waals surface area contributed by atoms with E-state index in [1.54, 1.807) is 0 Å². The second-order valence-corrected chi connectivity index (χ2v) is 15.1. The first-order chi connectivity index (χ1) is 14.1. The summed E-state index contributed by atoms with van der Waals surface area (Å²) in [5, 5.41) is 13.8. The fourth-order valence-corrected chi connectivity index (χ4v) is 7.34. The minimum Gasteiger partial charge on any atom is -0.462 e. The Hall–Kier alpha value is -0.410. The smallest absolute Gasteiger partial charge is 0.321 e. The van der Waals surface area contributed by atoms with Crippen LogP contribution in [-0.2, 0) is 24.3 Å². The highest BCUT2D eigenvalue weighted by Crippen LogP contribution is 2.61. The molecule has 2 unspecified atom stereocenters. The molecule has 4 saturated carbocycles. The van der Waals surface area contributed by atoms with Crippen LogP contribution in [0.15, 0.2) is 0 Å². The van der Waals surface area contributed by atoms with E-state index in [0.29, 0.717) is 18.8 Å². The molecular formula is C24H37INO5. The zero-order chi connectivity index (χ0) is 23.0. The van der Waals surface area contributed by atoms with Crippen molar-refractivity contribution in [1.29, 1.82) is 0 Å². The van der Waals surface area contributed by atoms with Gasteiger partial charge in [-0.05, 0) is 91.4 Å².